The van der Waals surface area contributed by atoms with Gasteiger partial charge in [0.1, 0.15) is 0 Å². The van der Waals surface area contributed by atoms with Crippen molar-refractivity contribution < 1.29 is 4.21 Å². The van der Waals surface area contributed by atoms with Crippen LogP contribution in [0.5, 0.6) is 0 Å². The second-order valence-electron chi connectivity index (χ2n) is 8.44. The molecule has 0 radical (unpaired) electrons. The minimum atomic E-state index is -0.880. The van der Waals surface area contributed by atoms with Crippen molar-refractivity contribution in [2.75, 3.05) is 0 Å². The molecule has 0 saturated heterocycles. The first kappa shape index (κ1) is 25.2. The summed E-state index contributed by atoms with van der Waals surface area (Å²) < 4.78 is 12.4. The van der Waals surface area contributed by atoms with E-state index in [1.807, 2.05) is 0 Å². The molecule has 30 heavy (non-hydrogen) atoms. The molecular weight excluding hydrogens is 404 g/mol. The summed E-state index contributed by atoms with van der Waals surface area (Å²) in [5.74, 6) is 1.44. The van der Waals surface area contributed by atoms with Crippen LogP contribution in [0.2, 0.25) is 0 Å². The quantitative estimate of drug-likeness (QED) is 0.190. The minimum Gasteiger partial charge on any atom is -0.248 e. The predicted octanol–water partition coefficient (Wildman–Crippen LogP) is 8.56. The molecule has 1 nitrogen and oxygen atoms in total. The van der Waals surface area contributed by atoms with Gasteiger partial charge in [0.25, 0.3) is 0 Å². The minimum absolute atomic E-state index is 0.634. The van der Waals surface area contributed by atoms with Gasteiger partial charge in [0.2, 0.25) is 0 Å². The first-order valence-electron chi connectivity index (χ1n) is 11.8. The standard InChI is InChI=1S/C27H40OS2/c1-3-4-5-6-7-8-9-10-11-12-13-25-18-20-27(21-19-25)23-30(28)29-22-26-16-14-24(2)15-17-26/h14-21H,3-13,22-23H2,1-2H3. The summed E-state index contributed by atoms with van der Waals surface area (Å²) in [7, 11) is 0.655. The highest BCUT2D eigenvalue weighted by Crippen LogP contribution is 2.20. The molecule has 1 atom stereocenters. The number of benzene rings is 2. The molecule has 2 rings (SSSR count). The van der Waals surface area contributed by atoms with Crippen LogP contribution < -0.4 is 0 Å². The summed E-state index contributed by atoms with van der Waals surface area (Å²) in [6.45, 7) is 4.37. The molecule has 2 aromatic rings. The molecule has 0 fully saturated rings. The van der Waals surface area contributed by atoms with Crippen molar-refractivity contribution in [1.29, 1.82) is 0 Å². The fraction of sp³-hybridized carbons (Fsp3) is 0.556. The van der Waals surface area contributed by atoms with E-state index < -0.39 is 9.83 Å². The Morgan fingerprint density at radius 2 is 1.17 bits per heavy atom. The third kappa shape index (κ3) is 11.4. The fourth-order valence-corrected chi connectivity index (χ4v) is 6.08. The van der Waals surface area contributed by atoms with Gasteiger partial charge in [-0.25, -0.2) is 4.21 Å². The van der Waals surface area contributed by atoms with Crippen molar-refractivity contribution >= 4 is 20.6 Å². The Hall–Kier alpha value is -1.06. The molecule has 3 heteroatoms. The van der Waals surface area contributed by atoms with E-state index in [9.17, 15) is 4.21 Å². The van der Waals surface area contributed by atoms with E-state index >= 15 is 0 Å². The molecule has 0 aliphatic heterocycles. The van der Waals surface area contributed by atoms with Crippen molar-refractivity contribution in [2.45, 2.75) is 96.0 Å². The largest absolute Gasteiger partial charge is 0.248 e. The Balaban J connectivity index is 1.55. The molecule has 0 N–H and O–H groups in total. The number of aryl methyl sites for hydroxylation is 2. The van der Waals surface area contributed by atoms with Crippen LogP contribution in [0.15, 0.2) is 48.5 Å². The molecule has 2 aromatic carbocycles. The van der Waals surface area contributed by atoms with Crippen molar-refractivity contribution in [1.82, 2.24) is 0 Å². The Kier molecular flexibility index (Phi) is 13.2. The topological polar surface area (TPSA) is 17.1 Å². The highest BCUT2D eigenvalue weighted by atomic mass is 33.1. The van der Waals surface area contributed by atoms with Gasteiger partial charge >= 0.3 is 0 Å². The lowest BCUT2D eigenvalue weighted by Crippen LogP contribution is -1.93. The maximum atomic E-state index is 12.4. The molecule has 0 saturated carbocycles. The van der Waals surface area contributed by atoms with Gasteiger partial charge in [-0.1, -0.05) is 130 Å². The summed E-state index contributed by atoms with van der Waals surface area (Å²) in [6, 6.07) is 17.3. The molecule has 166 valence electrons. The monoisotopic (exact) mass is 444 g/mol. The molecule has 0 aliphatic carbocycles. The van der Waals surface area contributed by atoms with Gasteiger partial charge < -0.3 is 0 Å². The fourth-order valence-electron chi connectivity index (χ4n) is 3.61. The van der Waals surface area contributed by atoms with Crippen LogP contribution in [-0.2, 0) is 27.8 Å². The van der Waals surface area contributed by atoms with Crippen molar-refractivity contribution in [3.63, 3.8) is 0 Å². The number of hydrogen-bond donors (Lipinski definition) is 0. The Bertz CT molecular complexity index is 707. The van der Waals surface area contributed by atoms with Crippen LogP contribution in [-0.4, -0.2) is 4.21 Å². The Morgan fingerprint density at radius 3 is 1.77 bits per heavy atom. The molecule has 0 spiro atoms. The molecule has 0 bridgehead atoms. The van der Waals surface area contributed by atoms with Crippen molar-refractivity contribution in [3.05, 3.63) is 70.8 Å². The van der Waals surface area contributed by atoms with Crippen LogP contribution in [0.3, 0.4) is 0 Å². The zero-order valence-electron chi connectivity index (χ0n) is 19.0. The van der Waals surface area contributed by atoms with Crippen LogP contribution in [0.25, 0.3) is 0 Å². The Morgan fingerprint density at radius 1 is 0.667 bits per heavy atom. The first-order valence-corrected chi connectivity index (χ1v) is 14.6. The van der Waals surface area contributed by atoms with E-state index in [2.05, 4.69) is 62.4 Å². The van der Waals surface area contributed by atoms with Crippen molar-refractivity contribution in [2.24, 2.45) is 0 Å². The smallest absolute Gasteiger partial charge is 0.0851 e. The molecule has 1 unspecified atom stereocenters. The summed E-state index contributed by atoms with van der Waals surface area (Å²) in [6.07, 6.45) is 15.0. The summed E-state index contributed by atoms with van der Waals surface area (Å²) in [4.78, 5) is 0. The average molecular weight is 445 g/mol. The van der Waals surface area contributed by atoms with E-state index in [-0.39, 0.29) is 0 Å². The van der Waals surface area contributed by atoms with Gasteiger partial charge in [0.15, 0.2) is 0 Å². The van der Waals surface area contributed by atoms with Crippen LogP contribution in [0, 0.1) is 6.92 Å². The highest BCUT2D eigenvalue weighted by molar-refractivity contribution is 8.68. The van der Waals surface area contributed by atoms with E-state index in [0.717, 1.165) is 5.75 Å². The highest BCUT2D eigenvalue weighted by Gasteiger charge is 2.04. The van der Waals surface area contributed by atoms with Gasteiger partial charge in [0, 0.05) is 5.75 Å². The Labute approximate surface area is 191 Å². The van der Waals surface area contributed by atoms with E-state index in [1.165, 1.54) is 104 Å². The zero-order valence-corrected chi connectivity index (χ0v) is 20.7. The molecule has 0 aliphatic rings. The molecular formula is C27H40OS2. The normalized spacial score (nSPS) is 12.2. The lowest BCUT2D eigenvalue weighted by atomic mass is 10.0. The van der Waals surface area contributed by atoms with Gasteiger partial charge in [0.05, 0.1) is 15.6 Å². The number of unbranched alkanes of at least 4 members (excludes halogenated alkanes) is 9. The molecule has 0 amide bonds. The van der Waals surface area contributed by atoms with E-state index in [1.54, 1.807) is 0 Å². The molecule has 0 aromatic heterocycles. The van der Waals surface area contributed by atoms with Gasteiger partial charge in [-0.15, -0.1) is 0 Å². The van der Waals surface area contributed by atoms with Gasteiger partial charge in [-0.05, 0) is 36.5 Å². The summed E-state index contributed by atoms with van der Waals surface area (Å²) in [5, 5.41) is 0. The maximum absolute atomic E-state index is 12.4. The summed E-state index contributed by atoms with van der Waals surface area (Å²) >= 11 is 0. The molecule has 0 heterocycles. The maximum Gasteiger partial charge on any atom is 0.0851 e. The van der Waals surface area contributed by atoms with Crippen molar-refractivity contribution in [3.8, 4) is 0 Å². The second kappa shape index (κ2) is 15.7. The lowest BCUT2D eigenvalue weighted by molar-refractivity contribution is 0.556. The summed E-state index contributed by atoms with van der Waals surface area (Å²) in [5.41, 5.74) is 5.10. The zero-order chi connectivity index (χ0) is 21.4. The number of rotatable bonds is 16. The predicted molar refractivity (Wildman–Crippen MR) is 136 cm³/mol. The van der Waals surface area contributed by atoms with Gasteiger partial charge in [-0.3, -0.25) is 0 Å². The van der Waals surface area contributed by atoms with Crippen LogP contribution >= 0.6 is 10.8 Å². The average Bonchev–Trinajstić information content (AvgIpc) is 2.76. The third-order valence-electron chi connectivity index (χ3n) is 5.60. The third-order valence-corrected chi connectivity index (χ3v) is 8.38. The SMILES string of the molecule is CCCCCCCCCCCCc1ccc(CS(=O)SCc2ccc(C)cc2)cc1. The second-order valence-corrected chi connectivity index (χ2v) is 11.7. The lowest BCUT2D eigenvalue weighted by Gasteiger charge is -2.06. The first-order chi connectivity index (χ1) is 14.7. The van der Waals surface area contributed by atoms with Crippen LogP contribution in [0.4, 0.5) is 0 Å². The number of hydrogen-bond acceptors (Lipinski definition) is 2. The van der Waals surface area contributed by atoms with Gasteiger partial charge in [-0.2, -0.15) is 0 Å². The van der Waals surface area contributed by atoms with E-state index in [0.29, 0.717) is 5.75 Å². The van der Waals surface area contributed by atoms with E-state index in [4.69, 9.17) is 0 Å². The van der Waals surface area contributed by atoms with Crippen LogP contribution in [0.1, 0.15) is 93.4 Å².